The third-order valence-corrected chi connectivity index (χ3v) is 7.44. The quantitative estimate of drug-likeness (QED) is 0.265. The van der Waals surface area contributed by atoms with Crippen LogP contribution in [0.1, 0.15) is 51.0 Å². The number of likely N-dealkylation sites (tertiary alicyclic amines) is 1. The standard InChI is InChI=1S/C28H31Cl2N3O4.ClH.H2O/c1-28(2,3)27-32-31-26(37-27)25-14-20-23(5-4-6-24(20)36-25)35-16-19(34)15-33-11-9-17(10-12-33)18-7-8-21(29)22(30)13-18;;/h4-8,13-14,17,19,34H,9-12,15-16H2,1-3H3;1H;1H2/t19-;;/m0../s1. The number of halogens is 3. The maximum absolute atomic E-state index is 10.7. The first kappa shape index (κ1) is 31.2. The predicted octanol–water partition coefficient (Wildman–Crippen LogP) is 6.30. The highest BCUT2D eigenvalue weighted by Gasteiger charge is 2.25. The molecule has 1 fully saturated rings. The largest absolute Gasteiger partial charge is 0.490 e. The van der Waals surface area contributed by atoms with Gasteiger partial charge in [0.2, 0.25) is 5.89 Å². The second kappa shape index (κ2) is 12.9. The fraction of sp³-hybridized carbons (Fsp3) is 0.429. The van der Waals surface area contributed by atoms with Gasteiger partial charge in [-0.3, -0.25) is 0 Å². The van der Waals surface area contributed by atoms with Crippen LogP contribution in [0, 0.1) is 0 Å². The maximum Gasteiger partial charge on any atom is 0.283 e. The zero-order valence-electron chi connectivity index (χ0n) is 22.1. The van der Waals surface area contributed by atoms with Gasteiger partial charge >= 0.3 is 0 Å². The molecule has 0 saturated carbocycles. The van der Waals surface area contributed by atoms with Crippen LogP contribution in [0.15, 0.2) is 51.3 Å². The van der Waals surface area contributed by atoms with E-state index in [4.69, 9.17) is 36.8 Å². The molecule has 4 aromatic rings. The molecule has 1 aliphatic rings. The van der Waals surface area contributed by atoms with Crippen molar-refractivity contribution in [3.8, 4) is 17.4 Å². The van der Waals surface area contributed by atoms with Crippen molar-refractivity contribution in [3.63, 3.8) is 0 Å². The molecule has 1 saturated heterocycles. The Balaban J connectivity index is 0.00000210. The number of ether oxygens (including phenoxy) is 1. The first-order chi connectivity index (χ1) is 17.7. The summed E-state index contributed by atoms with van der Waals surface area (Å²) in [6, 6.07) is 13.3. The van der Waals surface area contributed by atoms with E-state index in [1.165, 1.54) is 5.56 Å². The van der Waals surface area contributed by atoms with Gasteiger partial charge in [0.25, 0.3) is 5.89 Å². The van der Waals surface area contributed by atoms with Gasteiger partial charge < -0.3 is 29.1 Å². The molecule has 0 amide bonds. The van der Waals surface area contributed by atoms with Crippen molar-refractivity contribution in [2.24, 2.45) is 0 Å². The Hall–Kier alpha value is -2.33. The summed E-state index contributed by atoms with van der Waals surface area (Å²) in [7, 11) is 0. The van der Waals surface area contributed by atoms with Gasteiger partial charge in [-0.05, 0) is 61.7 Å². The fourth-order valence-electron chi connectivity index (χ4n) is 4.64. The van der Waals surface area contributed by atoms with E-state index in [9.17, 15) is 5.11 Å². The summed E-state index contributed by atoms with van der Waals surface area (Å²) in [5, 5.41) is 20.9. The molecule has 3 heterocycles. The molecule has 5 rings (SSSR count). The second-order valence-electron chi connectivity index (χ2n) is 10.7. The Morgan fingerprint density at radius 3 is 2.46 bits per heavy atom. The van der Waals surface area contributed by atoms with Crippen LogP contribution in [-0.2, 0) is 5.41 Å². The zero-order valence-corrected chi connectivity index (χ0v) is 24.4. The molecule has 0 unspecified atom stereocenters. The van der Waals surface area contributed by atoms with Crippen molar-refractivity contribution >= 4 is 46.6 Å². The molecule has 0 aliphatic carbocycles. The monoisotopic (exact) mass is 597 g/mol. The minimum atomic E-state index is -0.617. The molecule has 0 spiro atoms. The minimum Gasteiger partial charge on any atom is -0.490 e. The topological polar surface area (TPSA) is 116 Å². The van der Waals surface area contributed by atoms with E-state index in [1.54, 1.807) is 0 Å². The molecule has 39 heavy (non-hydrogen) atoms. The smallest absolute Gasteiger partial charge is 0.283 e. The van der Waals surface area contributed by atoms with Gasteiger partial charge in [0.1, 0.15) is 24.0 Å². The van der Waals surface area contributed by atoms with Crippen LogP contribution in [0.4, 0.5) is 0 Å². The number of benzene rings is 2. The number of fused-ring (bicyclic) bond motifs is 1. The zero-order chi connectivity index (χ0) is 26.2. The number of aliphatic hydroxyl groups excluding tert-OH is 1. The Morgan fingerprint density at radius 1 is 1.05 bits per heavy atom. The van der Waals surface area contributed by atoms with Crippen molar-refractivity contribution in [1.29, 1.82) is 0 Å². The van der Waals surface area contributed by atoms with Gasteiger partial charge in [-0.1, -0.05) is 56.1 Å². The summed E-state index contributed by atoms with van der Waals surface area (Å²) in [6.45, 7) is 8.58. The lowest BCUT2D eigenvalue weighted by Gasteiger charge is -2.33. The SMILES string of the molecule is CC(C)(C)c1nnc(-c2cc3c(OC[C@@H](O)CN4CCC(c5ccc(Cl)c(Cl)c5)CC4)cccc3o2)o1.Cl.O. The number of piperidine rings is 1. The van der Waals surface area contributed by atoms with Crippen LogP contribution in [0.25, 0.3) is 22.6 Å². The second-order valence-corrected chi connectivity index (χ2v) is 11.5. The van der Waals surface area contributed by atoms with Crippen molar-refractivity contribution < 1.29 is 24.2 Å². The highest BCUT2D eigenvalue weighted by Crippen LogP contribution is 2.35. The molecule has 11 heteroatoms. The summed E-state index contributed by atoms with van der Waals surface area (Å²) in [6.07, 6.45) is 1.40. The van der Waals surface area contributed by atoms with E-state index in [-0.39, 0.29) is 29.9 Å². The van der Waals surface area contributed by atoms with Crippen LogP contribution in [0.3, 0.4) is 0 Å². The van der Waals surface area contributed by atoms with Gasteiger partial charge in [-0.15, -0.1) is 22.6 Å². The van der Waals surface area contributed by atoms with Gasteiger partial charge in [0.05, 0.1) is 15.4 Å². The fourth-order valence-corrected chi connectivity index (χ4v) is 4.95. The van der Waals surface area contributed by atoms with Gasteiger partial charge in [0.15, 0.2) is 5.76 Å². The van der Waals surface area contributed by atoms with E-state index in [0.717, 1.165) is 31.3 Å². The van der Waals surface area contributed by atoms with Crippen LogP contribution in [0.5, 0.6) is 5.75 Å². The normalized spacial score (nSPS) is 15.5. The lowest BCUT2D eigenvalue weighted by molar-refractivity contribution is 0.0599. The van der Waals surface area contributed by atoms with Crippen molar-refractivity contribution in [2.45, 2.75) is 51.0 Å². The number of hydrogen-bond donors (Lipinski definition) is 1. The van der Waals surface area contributed by atoms with Crippen LogP contribution >= 0.6 is 35.6 Å². The summed E-state index contributed by atoms with van der Waals surface area (Å²) < 4.78 is 17.8. The summed E-state index contributed by atoms with van der Waals surface area (Å²) in [5.74, 6) is 2.45. The molecular formula is C28H34Cl3N3O5. The molecular weight excluding hydrogens is 565 g/mol. The Labute approximate surface area is 244 Å². The number of β-amino-alcohol motifs (C(OH)–C–C–N with tert-alkyl or cyclic N) is 1. The lowest BCUT2D eigenvalue weighted by atomic mass is 9.89. The van der Waals surface area contributed by atoms with Crippen molar-refractivity contribution in [1.82, 2.24) is 15.1 Å². The predicted molar refractivity (Wildman–Crippen MR) is 155 cm³/mol. The maximum atomic E-state index is 10.7. The molecule has 1 aliphatic heterocycles. The molecule has 8 nitrogen and oxygen atoms in total. The van der Waals surface area contributed by atoms with E-state index >= 15 is 0 Å². The number of furan rings is 1. The number of aromatic nitrogens is 2. The average Bonchev–Trinajstić information content (AvgIpc) is 3.53. The minimum absolute atomic E-state index is 0. The highest BCUT2D eigenvalue weighted by molar-refractivity contribution is 6.42. The van der Waals surface area contributed by atoms with Crippen LogP contribution < -0.4 is 4.74 Å². The van der Waals surface area contributed by atoms with Gasteiger partial charge in [0, 0.05) is 18.0 Å². The van der Waals surface area contributed by atoms with E-state index in [2.05, 4.69) is 21.2 Å². The lowest BCUT2D eigenvalue weighted by Crippen LogP contribution is -2.40. The molecule has 0 bridgehead atoms. The average molecular weight is 599 g/mol. The van der Waals surface area contributed by atoms with E-state index < -0.39 is 6.10 Å². The molecule has 2 aromatic heterocycles. The Morgan fingerprint density at radius 2 is 1.79 bits per heavy atom. The highest BCUT2D eigenvalue weighted by atomic mass is 35.5. The molecule has 0 radical (unpaired) electrons. The van der Waals surface area contributed by atoms with Crippen molar-refractivity contribution in [2.75, 3.05) is 26.2 Å². The Kier molecular flexibility index (Phi) is 10.3. The third-order valence-electron chi connectivity index (χ3n) is 6.70. The van der Waals surface area contributed by atoms with Gasteiger partial charge in [-0.25, -0.2) is 0 Å². The number of nitrogens with zero attached hydrogens (tertiary/aromatic N) is 3. The first-order valence-electron chi connectivity index (χ1n) is 12.5. The number of hydrogen-bond acceptors (Lipinski definition) is 7. The van der Waals surface area contributed by atoms with E-state index in [1.807, 2.05) is 57.2 Å². The van der Waals surface area contributed by atoms with Crippen molar-refractivity contribution in [3.05, 3.63) is 64.0 Å². The summed E-state index contributed by atoms with van der Waals surface area (Å²) >= 11 is 12.3. The molecule has 3 N–H and O–H groups in total. The summed E-state index contributed by atoms with van der Waals surface area (Å²) in [4.78, 5) is 2.28. The number of rotatable bonds is 7. The number of aliphatic hydroxyl groups is 1. The summed E-state index contributed by atoms with van der Waals surface area (Å²) in [5.41, 5.74) is 1.63. The van der Waals surface area contributed by atoms with Crippen LogP contribution in [0.2, 0.25) is 10.0 Å². The molecule has 2 aromatic carbocycles. The molecule has 212 valence electrons. The first-order valence-corrected chi connectivity index (χ1v) is 13.3. The third kappa shape index (κ3) is 7.25. The van der Waals surface area contributed by atoms with Crippen LogP contribution in [-0.4, -0.2) is 58.0 Å². The Bertz CT molecular complexity index is 1380. The van der Waals surface area contributed by atoms with Gasteiger partial charge in [-0.2, -0.15) is 0 Å². The van der Waals surface area contributed by atoms with E-state index in [0.29, 0.717) is 51.4 Å². The molecule has 1 atom stereocenters.